The van der Waals surface area contributed by atoms with Crippen molar-refractivity contribution in [3.8, 4) is 0 Å². The molecule has 0 aliphatic carbocycles. The number of hydrogen-bond acceptors (Lipinski definition) is 5. The highest BCUT2D eigenvalue weighted by Crippen LogP contribution is 2.25. The molecule has 1 fully saturated rings. The second kappa shape index (κ2) is 7.09. The lowest BCUT2D eigenvalue weighted by atomic mass is 10.1. The van der Waals surface area contributed by atoms with Crippen molar-refractivity contribution in [2.45, 2.75) is 38.6 Å². The van der Waals surface area contributed by atoms with Crippen LogP contribution in [0, 0.1) is 5.82 Å². The van der Waals surface area contributed by atoms with Crippen molar-refractivity contribution in [1.29, 1.82) is 0 Å². The highest BCUT2D eigenvalue weighted by molar-refractivity contribution is 6.04. The first kappa shape index (κ1) is 16.6. The largest absolute Gasteiger partial charge is 0.381 e. The summed E-state index contributed by atoms with van der Waals surface area (Å²) >= 11 is 0. The summed E-state index contributed by atoms with van der Waals surface area (Å²) in [7, 11) is 0. The summed E-state index contributed by atoms with van der Waals surface area (Å²) < 4.78 is 23.8. The molecule has 128 valence electrons. The molecule has 0 atom stereocenters. The van der Waals surface area contributed by atoms with Gasteiger partial charge in [-0.05, 0) is 30.9 Å². The van der Waals surface area contributed by atoms with Gasteiger partial charge < -0.3 is 9.26 Å². The van der Waals surface area contributed by atoms with Gasteiger partial charge >= 0.3 is 0 Å². The van der Waals surface area contributed by atoms with Crippen molar-refractivity contribution in [1.82, 2.24) is 10.1 Å². The van der Waals surface area contributed by atoms with E-state index in [9.17, 15) is 9.18 Å². The van der Waals surface area contributed by atoms with Crippen molar-refractivity contribution in [3.63, 3.8) is 0 Å². The first-order valence-corrected chi connectivity index (χ1v) is 8.05. The minimum atomic E-state index is -0.445. The third kappa shape index (κ3) is 3.46. The van der Waals surface area contributed by atoms with E-state index in [0.29, 0.717) is 31.9 Å². The molecular formula is C17H20FN3O3. The summed E-state index contributed by atoms with van der Waals surface area (Å²) in [6.07, 6.45) is 2.49. The van der Waals surface area contributed by atoms with Crippen LogP contribution < -0.4 is 4.90 Å². The van der Waals surface area contributed by atoms with Gasteiger partial charge in [-0.3, -0.25) is 9.69 Å². The molecule has 2 aromatic rings. The topological polar surface area (TPSA) is 68.5 Å². The van der Waals surface area contributed by atoms with Crippen molar-refractivity contribution < 1.29 is 18.4 Å². The maximum atomic E-state index is 13.2. The Morgan fingerprint density at radius 1 is 1.33 bits per heavy atom. The third-order valence-corrected chi connectivity index (χ3v) is 4.06. The van der Waals surface area contributed by atoms with Crippen molar-refractivity contribution in [2.24, 2.45) is 0 Å². The van der Waals surface area contributed by atoms with Gasteiger partial charge in [0.15, 0.2) is 0 Å². The summed E-state index contributed by atoms with van der Waals surface area (Å²) in [5.74, 6) is -0.0387. The molecule has 0 N–H and O–H groups in total. The second-order valence-corrected chi connectivity index (χ2v) is 6.12. The number of hydrogen-bond donors (Lipinski definition) is 0. The zero-order valence-electron chi connectivity index (χ0n) is 13.7. The summed E-state index contributed by atoms with van der Waals surface area (Å²) in [6.45, 7) is 5.10. The monoisotopic (exact) mass is 333 g/mol. The molecule has 0 spiro atoms. The van der Waals surface area contributed by atoms with Gasteiger partial charge in [-0.1, -0.05) is 19.0 Å². The van der Waals surface area contributed by atoms with Gasteiger partial charge in [-0.15, -0.1) is 0 Å². The fourth-order valence-corrected chi connectivity index (χ4v) is 2.69. The van der Waals surface area contributed by atoms with Gasteiger partial charge in [0.2, 0.25) is 5.76 Å². The Labute approximate surface area is 139 Å². The van der Waals surface area contributed by atoms with Gasteiger partial charge in [0, 0.05) is 25.3 Å². The first-order chi connectivity index (χ1) is 11.6. The number of rotatable bonds is 4. The van der Waals surface area contributed by atoms with Crippen molar-refractivity contribution in [2.75, 3.05) is 18.1 Å². The number of amides is 1. The predicted octanol–water partition coefficient (Wildman–Crippen LogP) is 3.16. The number of nitrogens with zero attached hydrogens (tertiary/aromatic N) is 3. The zero-order chi connectivity index (χ0) is 17.1. The van der Waals surface area contributed by atoms with Crippen LogP contribution in [-0.4, -0.2) is 35.3 Å². The molecule has 24 heavy (non-hydrogen) atoms. The van der Waals surface area contributed by atoms with Crippen LogP contribution in [0.15, 0.2) is 28.9 Å². The molecule has 7 heteroatoms. The number of anilines is 1. The molecule has 0 unspecified atom stereocenters. The van der Waals surface area contributed by atoms with Crippen LogP contribution in [-0.2, 0) is 4.74 Å². The van der Waals surface area contributed by atoms with E-state index in [-0.39, 0.29) is 23.6 Å². The van der Waals surface area contributed by atoms with Crippen LogP contribution in [0.2, 0.25) is 0 Å². The molecule has 1 saturated heterocycles. The Hall–Kier alpha value is -2.28. The number of pyridine rings is 1. The third-order valence-electron chi connectivity index (χ3n) is 4.06. The lowest BCUT2D eigenvalue weighted by molar-refractivity contribution is 0.0754. The van der Waals surface area contributed by atoms with E-state index < -0.39 is 5.82 Å². The maximum absolute atomic E-state index is 13.2. The lowest BCUT2D eigenvalue weighted by Gasteiger charge is -2.32. The van der Waals surface area contributed by atoms with Gasteiger partial charge in [-0.2, -0.15) is 0 Å². The molecule has 0 saturated carbocycles. The number of halogens is 1. The van der Waals surface area contributed by atoms with Crippen molar-refractivity contribution >= 4 is 11.7 Å². The summed E-state index contributed by atoms with van der Waals surface area (Å²) in [6, 6.07) is 4.38. The number of carbonyl (C=O) groups is 1. The Balaban J connectivity index is 1.93. The van der Waals surface area contributed by atoms with Crippen LogP contribution in [0.5, 0.6) is 0 Å². The Morgan fingerprint density at radius 2 is 2.08 bits per heavy atom. The molecule has 3 rings (SSSR count). The Kier molecular flexibility index (Phi) is 4.89. The van der Waals surface area contributed by atoms with E-state index in [2.05, 4.69) is 10.1 Å². The average Bonchev–Trinajstić information content (AvgIpc) is 3.08. The summed E-state index contributed by atoms with van der Waals surface area (Å²) in [5, 5.41) is 3.94. The molecule has 1 aliphatic rings. The molecule has 1 amide bonds. The van der Waals surface area contributed by atoms with E-state index in [4.69, 9.17) is 9.26 Å². The Morgan fingerprint density at radius 3 is 2.67 bits per heavy atom. The summed E-state index contributed by atoms with van der Waals surface area (Å²) in [5.41, 5.74) is 0.720. The van der Waals surface area contributed by atoms with Crippen LogP contribution in [0.25, 0.3) is 0 Å². The molecule has 1 aliphatic heterocycles. The maximum Gasteiger partial charge on any atom is 0.298 e. The van der Waals surface area contributed by atoms with E-state index in [1.807, 2.05) is 13.8 Å². The smallest absolute Gasteiger partial charge is 0.298 e. The van der Waals surface area contributed by atoms with Crippen LogP contribution in [0.3, 0.4) is 0 Å². The average molecular weight is 333 g/mol. The molecule has 0 aromatic carbocycles. The molecular weight excluding hydrogens is 313 g/mol. The second-order valence-electron chi connectivity index (χ2n) is 6.12. The standard InChI is InChI=1S/C17H20FN3O3/c1-11(2)14-9-15(24-20-14)17(22)21(13-5-7-23-8-6-13)16-4-3-12(18)10-19-16/h3-4,9-11,13H,5-8H2,1-2H3. The van der Waals surface area contributed by atoms with E-state index in [0.717, 1.165) is 11.9 Å². The van der Waals surface area contributed by atoms with Crippen LogP contribution >= 0.6 is 0 Å². The molecule has 3 heterocycles. The molecule has 0 bridgehead atoms. The van der Waals surface area contributed by atoms with Gasteiger partial charge in [-0.25, -0.2) is 9.37 Å². The molecule has 2 aromatic heterocycles. The fraction of sp³-hybridized carbons (Fsp3) is 0.471. The highest BCUT2D eigenvalue weighted by Gasteiger charge is 2.31. The van der Waals surface area contributed by atoms with Crippen LogP contribution in [0.1, 0.15) is 48.9 Å². The minimum Gasteiger partial charge on any atom is -0.381 e. The fourth-order valence-electron chi connectivity index (χ4n) is 2.69. The Bertz CT molecular complexity index is 693. The number of aromatic nitrogens is 2. The van der Waals surface area contributed by atoms with E-state index in [1.165, 1.54) is 12.1 Å². The molecule has 0 radical (unpaired) electrons. The number of ether oxygens (including phenoxy) is 1. The van der Waals surface area contributed by atoms with Gasteiger partial charge in [0.05, 0.1) is 11.9 Å². The lowest BCUT2D eigenvalue weighted by Crippen LogP contribution is -2.44. The van der Waals surface area contributed by atoms with Gasteiger partial charge in [0.1, 0.15) is 11.6 Å². The molecule has 6 nitrogen and oxygen atoms in total. The SMILES string of the molecule is CC(C)c1cc(C(=O)N(c2ccc(F)cn2)C2CCOCC2)on1. The van der Waals surface area contributed by atoms with E-state index >= 15 is 0 Å². The number of carbonyl (C=O) groups excluding carboxylic acids is 1. The minimum absolute atomic E-state index is 0.0724. The predicted molar refractivity (Wildman–Crippen MR) is 85.4 cm³/mol. The summed E-state index contributed by atoms with van der Waals surface area (Å²) in [4.78, 5) is 18.6. The first-order valence-electron chi connectivity index (χ1n) is 8.05. The van der Waals surface area contributed by atoms with Crippen LogP contribution in [0.4, 0.5) is 10.2 Å². The quantitative estimate of drug-likeness (QED) is 0.860. The zero-order valence-corrected chi connectivity index (χ0v) is 13.7. The van der Waals surface area contributed by atoms with Crippen molar-refractivity contribution in [3.05, 3.63) is 41.7 Å². The normalized spacial score (nSPS) is 15.7. The highest BCUT2D eigenvalue weighted by atomic mass is 19.1. The van der Waals surface area contributed by atoms with E-state index in [1.54, 1.807) is 11.0 Å². The van der Waals surface area contributed by atoms with Gasteiger partial charge in [0.25, 0.3) is 5.91 Å².